The Morgan fingerprint density at radius 2 is 1.85 bits per heavy atom. The van der Waals surface area contributed by atoms with Crippen LogP contribution in [0.1, 0.15) is 15.9 Å². The van der Waals surface area contributed by atoms with E-state index in [0.717, 1.165) is 4.47 Å². The Bertz CT molecular complexity index is 880. The van der Waals surface area contributed by atoms with Crippen molar-refractivity contribution < 1.29 is 24.2 Å². The van der Waals surface area contributed by atoms with Gasteiger partial charge in [0.2, 0.25) is 6.79 Å². The molecule has 2 aromatic rings. The number of carbonyl (C=O) groups is 2. The molecule has 2 aromatic carbocycles. The molecule has 27 heavy (non-hydrogen) atoms. The highest BCUT2D eigenvalue weighted by atomic mass is 79.9. The molecule has 0 aromatic heterocycles. The molecule has 0 saturated carbocycles. The Kier molecular flexibility index (Phi) is 6.10. The average molecular weight is 433 g/mol. The molecule has 1 heterocycles. The topological polar surface area (TPSA) is 96.9 Å². The molecule has 8 heteroatoms. The fourth-order valence-electron chi connectivity index (χ4n) is 2.39. The molecule has 1 aliphatic rings. The number of hydrogen-bond donors (Lipinski definition) is 3. The molecule has 0 radical (unpaired) electrons. The summed E-state index contributed by atoms with van der Waals surface area (Å²) in [5.74, 6) is 0.260. The lowest BCUT2D eigenvalue weighted by molar-refractivity contribution is -0.117. The van der Waals surface area contributed by atoms with Gasteiger partial charge in [-0.05, 0) is 48.0 Å². The minimum absolute atomic E-state index is 0.0511. The third kappa shape index (κ3) is 4.87. The first-order chi connectivity index (χ1) is 13.1. The number of rotatable bonds is 6. The van der Waals surface area contributed by atoms with Gasteiger partial charge >= 0.3 is 0 Å². The molecular weight excluding hydrogens is 416 g/mol. The van der Waals surface area contributed by atoms with Gasteiger partial charge in [-0.25, -0.2) is 0 Å². The minimum Gasteiger partial charge on any atom is -0.454 e. The van der Waals surface area contributed by atoms with E-state index < -0.39 is 11.8 Å². The first kappa shape index (κ1) is 18.9. The SMILES string of the molecule is O=C(NCCO)/C(=C/c1ccc2c(c1)OCO2)NC(=O)c1ccc(Br)cc1. The summed E-state index contributed by atoms with van der Waals surface area (Å²) in [6.07, 6.45) is 1.53. The average Bonchev–Trinajstić information content (AvgIpc) is 3.13. The zero-order chi connectivity index (χ0) is 19.2. The maximum atomic E-state index is 12.5. The quantitative estimate of drug-likeness (QED) is 0.607. The van der Waals surface area contributed by atoms with Crippen molar-refractivity contribution in [1.29, 1.82) is 0 Å². The van der Waals surface area contributed by atoms with Gasteiger partial charge < -0.3 is 25.2 Å². The van der Waals surface area contributed by atoms with Crippen LogP contribution >= 0.6 is 15.9 Å². The van der Waals surface area contributed by atoms with Crippen LogP contribution in [0, 0.1) is 0 Å². The summed E-state index contributed by atoms with van der Waals surface area (Å²) >= 11 is 3.31. The number of carbonyl (C=O) groups excluding carboxylic acids is 2. The van der Waals surface area contributed by atoms with E-state index in [1.54, 1.807) is 42.5 Å². The van der Waals surface area contributed by atoms with Gasteiger partial charge in [0, 0.05) is 16.6 Å². The molecule has 0 bridgehead atoms. The molecular formula is C19H17BrN2O5. The molecule has 0 unspecified atom stereocenters. The van der Waals surface area contributed by atoms with Crippen LogP contribution in [0.2, 0.25) is 0 Å². The molecule has 2 amide bonds. The zero-order valence-corrected chi connectivity index (χ0v) is 15.8. The summed E-state index contributed by atoms with van der Waals surface area (Å²) in [4.78, 5) is 24.9. The fourth-order valence-corrected chi connectivity index (χ4v) is 2.65. The van der Waals surface area contributed by atoms with Crippen LogP contribution in [0.15, 0.2) is 52.6 Å². The van der Waals surface area contributed by atoms with Crippen molar-refractivity contribution in [3.05, 3.63) is 63.8 Å². The molecule has 0 aliphatic carbocycles. The third-order valence-corrected chi connectivity index (χ3v) is 4.23. The summed E-state index contributed by atoms with van der Waals surface area (Å²) in [7, 11) is 0. The maximum absolute atomic E-state index is 12.5. The lowest BCUT2D eigenvalue weighted by atomic mass is 10.1. The molecule has 140 valence electrons. The molecule has 3 N–H and O–H groups in total. The monoisotopic (exact) mass is 432 g/mol. The molecule has 7 nitrogen and oxygen atoms in total. The second-order valence-corrected chi connectivity index (χ2v) is 6.53. The Balaban J connectivity index is 1.85. The van der Waals surface area contributed by atoms with Crippen LogP contribution in [0.3, 0.4) is 0 Å². The summed E-state index contributed by atoms with van der Waals surface area (Å²) in [5.41, 5.74) is 1.12. The van der Waals surface area contributed by atoms with Crippen LogP contribution in [-0.2, 0) is 4.79 Å². The van der Waals surface area contributed by atoms with Gasteiger partial charge in [-0.3, -0.25) is 9.59 Å². The standard InChI is InChI=1S/C19H17BrN2O5/c20-14-4-2-13(3-5-14)18(24)22-15(19(25)21-7-8-23)9-12-1-6-16-17(10-12)27-11-26-16/h1-6,9-10,23H,7-8,11H2,(H,21,25)(H,22,24)/b15-9-. The summed E-state index contributed by atoms with van der Waals surface area (Å²) < 4.78 is 11.4. The summed E-state index contributed by atoms with van der Waals surface area (Å²) in [6, 6.07) is 12.0. The first-order valence-electron chi connectivity index (χ1n) is 8.14. The summed E-state index contributed by atoms with van der Waals surface area (Å²) in [5, 5.41) is 14.1. The smallest absolute Gasteiger partial charge is 0.267 e. The number of halogens is 1. The van der Waals surface area contributed by atoms with E-state index in [9.17, 15) is 9.59 Å². The highest BCUT2D eigenvalue weighted by Crippen LogP contribution is 2.33. The molecule has 0 spiro atoms. The van der Waals surface area contributed by atoms with Crippen molar-refractivity contribution >= 4 is 33.8 Å². The number of amides is 2. The molecule has 3 rings (SSSR count). The van der Waals surface area contributed by atoms with Crippen molar-refractivity contribution in [2.24, 2.45) is 0 Å². The van der Waals surface area contributed by atoms with Crippen molar-refractivity contribution in [1.82, 2.24) is 10.6 Å². The predicted molar refractivity (Wildman–Crippen MR) is 102 cm³/mol. The van der Waals surface area contributed by atoms with Crippen LogP contribution in [0.4, 0.5) is 0 Å². The van der Waals surface area contributed by atoms with Gasteiger partial charge in [-0.2, -0.15) is 0 Å². The van der Waals surface area contributed by atoms with Crippen molar-refractivity contribution in [3.63, 3.8) is 0 Å². The van der Waals surface area contributed by atoms with Gasteiger partial charge in [-0.1, -0.05) is 22.0 Å². The van der Waals surface area contributed by atoms with Crippen molar-refractivity contribution in [2.75, 3.05) is 19.9 Å². The third-order valence-electron chi connectivity index (χ3n) is 3.70. The summed E-state index contributed by atoms with van der Waals surface area (Å²) in [6.45, 7) is 0.0157. The Labute approximate surface area is 164 Å². The van der Waals surface area contributed by atoms with E-state index in [2.05, 4.69) is 26.6 Å². The lowest BCUT2D eigenvalue weighted by Crippen LogP contribution is -2.36. The minimum atomic E-state index is -0.507. The Hall–Kier alpha value is -2.84. The van der Waals surface area contributed by atoms with E-state index in [-0.39, 0.29) is 25.6 Å². The normalized spacial score (nSPS) is 12.6. The largest absolute Gasteiger partial charge is 0.454 e. The van der Waals surface area contributed by atoms with Crippen molar-refractivity contribution in [2.45, 2.75) is 0 Å². The first-order valence-corrected chi connectivity index (χ1v) is 8.93. The van der Waals surface area contributed by atoms with E-state index >= 15 is 0 Å². The van der Waals surface area contributed by atoms with Crippen molar-refractivity contribution in [3.8, 4) is 11.5 Å². The molecule has 0 atom stereocenters. The maximum Gasteiger partial charge on any atom is 0.267 e. The fraction of sp³-hybridized carbons (Fsp3) is 0.158. The highest BCUT2D eigenvalue weighted by Gasteiger charge is 2.16. The Morgan fingerprint density at radius 1 is 1.11 bits per heavy atom. The van der Waals surface area contributed by atoms with Crippen LogP contribution < -0.4 is 20.1 Å². The molecule has 0 saturated heterocycles. The van der Waals surface area contributed by atoms with E-state index in [4.69, 9.17) is 14.6 Å². The van der Waals surface area contributed by atoms with Crippen LogP contribution in [-0.4, -0.2) is 36.9 Å². The number of ether oxygens (including phenoxy) is 2. The number of hydrogen-bond acceptors (Lipinski definition) is 5. The number of benzene rings is 2. The number of fused-ring (bicyclic) bond motifs is 1. The number of aliphatic hydroxyl groups excluding tert-OH is 1. The van der Waals surface area contributed by atoms with Crippen LogP contribution in [0.25, 0.3) is 6.08 Å². The van der Waals surface area contributed by atoms with Gasteiger partial charge in [0.1, 0.15) is 5.70 Å². The lowest BCUT2D eigenvalue weighted by Gasteiger charge is -2.11. The predicted octanol–water partition coefficient (Wildman–Crippen LogP) is 2.06. The zero-order valence-electron chi connectivity index (χ0n) is 14.2. The second kappa shape index (κ2) is 8.70. The van der Waals surface area contributed by atoms with Crippen LogP contribution in [0.5, 0.6) is 11.5 Å². The number of nitrogens with one attached hydrogen (secondary N) is 2. The molecule has 0 fully saturated rings. The number of aliphatic hydroxyl groups is 1. The second-order valence-electron chi connectivity index (χ2n) is 5.61. The van der Waals surface area contributed by atoms with Gasteiger partial charge in [0.05, 0.1) is 6.61 Å². The van der Waals surface area contributed by atoms with Gasteiger partial charge in [-0.15, -0.1) is 0 Å². The highest BCUT2D eigenvalue weighted by molar-refractivity contribution is 9.10. The van der Waals surface area contributed by atoms with E-state index in [0.29, 0.717) is 22.6 Å². The Morgan fingerprint density at radius 3 is 2.59 bits per heavy atom. The van der Waals surface area contributed by atoms with Gasteiger partial charge in [0.25, 0.3) is 11.8 Å². The van der Waals surface area contributed by atoms with E-state index in [1.165, 1.54) is 6.08 Å². The van der Waals surface area contributed by atoms with E-state index in [1.807, 2.05) is 0 Å². The molecule has 1 aliphatic heterocycles. The van der Waals surface area contributed by atoms with Gasteiger partial charge in [0.15, 0.2) is 11.5 Å².